The number of rotatable bonds is 11. The maximum absolute atomic E-state index is 13.4. The van der Waals surface area contributed by atoms with Crippen molar-refractivity contribution in [3.8, 4) is 22.8 Å². The molecule has 1 aromatic heterocycles. The lowest BCUT2D eigenvalue weighted by molar-refractivity contribution is -0.127. The zero-order valence-corrected chi connectivity index (χ0v) is 28.6. The molecule has 262 valence electrons. The summed E-state index contributed by atoms with van der Waals surface area (Å²) in [6.07, 6.45) is -3.12. The first-order valence-corrected chi connectivity index (χ1v) is 15.6. The number of pyridine rings is 1. The van der Waals surface area contributed by atoms with Gasteiger partial charge in [0.1, 0.15) is 12.5 Å². The van der Waals surface area contributed by atoms with E-state index >= 15 is 0 Å². The summed E-state index contributed by atoms with van der Waals surface area (Å²) >= 11 is 5.77. The van der Waals surface area contributed by atoms with Crippen LogP contribution in [-0.2, 0) is 12.0 Å². The maximum atomic E-state index is 13.4. The highest BCUT2D eigenvalue weighted by atomic mass is 35.5. The van der Waals surface area contributed by atoms with Gasteiger partial charge in [0, 0.05) is 36.9 Å². The van der Waals surface area contributed by atoms with E-state index in [-0.39, 0.29) is 28.9 Å². The number of benzene rings is 2. The van der Waals surface area contributed by atoms with Crippen LogP contribution in [0.25, 0.3) is 11.3 Å². The molecule has 0 unspecified atom stereocenters. The van der Waals surface area contributed by atoms with E-state index in [1.807, 2.05) is 20.8 Å². The number of carbonyl (C=O) groups excluding carboxylic acids is 1. The topological polar surface area (TPSA) is 92.7 Å². The first-order chi connectivity index (χ1) is 22.3. The van der Waals surface area contributed by atoms with Crippen LogP contribution in [0.3, 0.4) is 0 Å². The molecule has 3 N–H and O–H groups in total. The molecule has 1 amide bonds. The highest BCUT2D eigenvalue weighted by molar-refractivity contribution is 6.31. The Morgan fingerprint density at radius 2 is 1.70 bits per heavy atom. The normalized spacial score (nSPS) is 12.3. The Balaban J connectivity index is 0.000000454. The second-order valence-electron chi connectivity index (χ2n) is 10.4. The van der Waals surface area contributed by atoms with Crippen LogP contribution in [0.4, 0.5) is 22.0 Å². The van der Waals surface area contributed by atoms with Crippen molar-refractivity contribution in [2.75, 3.05) is 34.0 Å². The number of ether oxygens (including phenoxy) is 2. The first-order valence-electron chi connectivity index (χ1n) is 15.2. The van der Waals surface area contributed by atoms with Crippen molar-refractivity contribution in [3.63, 3.8) is 0 Å². The molecule has 0 aliphatic heterocycles. The second-order valence-corrected chi connectivity index (χ2v) is 10.8. The average Bonchev–Trinajstić information content (AvgIpc) is 3.87. The predicted molar refractivity (Wildman–Crippen MR) is 176 cm³/mol. The van der Waals surface area contributed by atoms with E-state index in [0.29, 0.717) is 40.8 Å². The second kappa shape index (κ2) is 20.0. The number of aliphatic hydroxyl groups excluding tert-OH is 1. The molecule has 47 heavy (non-hydrogen) atoms. The first kappa shape index (κ1) is 41.5. The molecular weight excluding hydrogens is 645 g/mol. The molecule has 0 spiro atoms. The molecule has 7 nitrogen and oxygen atoms in total. The van der Waals surface area contributed by atoms with Gasteiger partial charge in [-0.3, -0.25) is 9.78 Å². The van der Waals surface area contributed by atoms with Gasteiger partial charge < -0.3 is 25.2 Å². The van der Waals surface area contributed by atoms with Crippen LogP contribution < -0.4 is 20.1 Å². The zero-order valence-electron chi connectivity index (χ0n) is 27.8. The summed E-state index contributed by atoms with van der Waals surface area (Å²) in [6.45, 7) is 9.42. The Morgan fingerprint density at radius 3 is 2.23 bits per heavy atom. The van der Waals surface area contributed by atoms with Crippen molar-refractivity contribution >= 4 is 17.5 Å². The van der Waals surface area contributed by atoms with Gasteiger partial charge in [-0.2, -0.15) is 13.2 Å². The van der Waals surface area contributed by atoms with Crippen LogP contribution in [0, 0.1) is 5.82 Å². The van der Waals surface area contributed by atoms with E-state index in [2.05, 4.69) is 15.6 Å². The lowest BCUT2D eigenvalue weighted by atomic mass is 9.92. The molecule has 1 saturated carbocycles. The standard InChI is InChI=1S/C18H18ClF5N2.C13H17NO3.C2H6.CH4O/c1-17(2,25-6-5-20)12-8-13(10-18(22,23)24)26-16(9-12)11-3-4-15(21)14(19)7-11;1-3-14-13(15)9-4-7-11(12(8-9)16-2)17-10-5-6-10;2*1-2/h3-4,7-9,25H,5-6,10H2,1-2H3;4,7-8,10H,3,5-6H2,1-2H3,(H,14,15);1-2H3;2H,1H3. The van der Waals surface area contributed by atoms with Gasteiger partial charge in [-0.25, -0.2) is 8.78 Å². The summed E-state index contributed by atoms with van der Waals surface area (Å²) in [7, 11) is 2.58. The van der Waals surface area contributed by atoms with Gasteiger partial charge in [0.2, 0.25) is 0 Å². The molecule has 0 radical (unpaired) electrons. The summed E-state index contributed by atoms with van der Waals surface area (Å²) in [6, 6.07) is 12.0. The maximum Gasteiger partial charge on any atom is 0.394 e. The number of hydrogen-bond donors (Lipinski definition) is 3. The number of nitrogens with one attached hydrogen (secondary N) is 2. The molecule has 1 fully saturated rings. The molecular formula is C34H45ClF5N3O4. The Labute approximate surface area is 278 Å². The number of carbonyl (C=O) groups is 1. The summed E-state index contributed by atoms with van der Waals surface area (Å²) in [4.78, 5) is 15.7. The molecule has 0 bridgehead atoms. The Kier molecular flexibility index (Phi) is 17.7. The number of aromatic nitrogens is 1. The summed E-state index contributed by atoms with van der Waals surface area (Å²) < 4.78 is 75.3. The van der Waals surface area contributed by atoms with Crippen molar-refractivity contribution in [3.05, 3.63) is 76.2 Å². The van der Waals surface area contributed by atoms with Crippen LogP contribution in [-0.4, -0.2) is 62.3 Å². The highest BCUT2D eigenvalue weighted by Crippen LogP contribution is 2.34. The van der Waals surface area contributed by atoms with E-state index in [1.165, 1.54) is 18.2 Å². The Morgan fingerprint density at radius 1 is 1.04 bits per heavy atom. The monoisotopic (exact) mass is 689 g/mol. The van der Waals surface area contributed by atoms with Crippen molar-refractivity contribution in [1.82, 2.24) is 15.6 Å². The van der Waals surface area contributed by atoms with Gasteiger partial charge in [-0.05, 0) is 87.7 Å². The van der Waals surface area contributed by atoms with Crippen molar-refractivity contribution in [2.45, 2.75) is 71.7 Å². The van der Waals surface area contributed by atoms with E-state index < -0.39 is 30.6 Å². The van der Waals surface area contributed by atoms with E-state index in [0.717, 1.165) is 26.0 Å². The summed E-state index contributed by atoms with van der Waals surface area (Å²) in [5, 5.41) is 12.5. The van der Waals surface area contributed by atoms with Gasteiger partial charge in [0.05, 0.1) is 36.0 Å². The van der Waals surface area contributed by atoms with Gasteiger partial charge in [-0.15, -0.1) is 0 Å². The number of hydrogen-bond acceptors (Lipinski definition) is 6. The minimum absolute atomic E-state index is 0.0572. The number of aliphatic hydroxyl groups is 1. The molecule has 13 heteroatoms. The summed E-state index contributed by atoms with van der Waals surface area (Å²) in [5.41, 5.74) is 0.762. The molecule has 1 heterocycles. The van der Waals surface area contributed by atoms with Crippen molar-refractivity contribution in [1.29, 1.82) is 0 Å². The molecule has 1 aliphatic carbocycles. The van der Waals surface area contributed by atoms with Crippen LogP contribution >= 0.6 is 11.6 Å². The largest absolute Gasteiger partial charge is 0.493 e. The predicted octanol–water partition coefficient (Wildman–Crippen LogP) is 8.06. The van der Waals surface area contributed by atoms with Gasteiger partial charge in [0.15, 0.2) is 11.5 Å². The third-order valence-electron chi connectivity index (χ3n) is 6.44. The SMILES string of the molecule is CC.CC(C)(NCCF)c1cc(CC(F)(F)F)nc(-c2ccc(F)c(Cl)c2)c1.CCNC(=O)c1ccc(OC2CC2)c(OC)c1.CO. The zero-order chi connectivity index (χ0) is 35.8. The van der Waals surface area contributed by atoms with E-state index in [1.54, 1.807) is 45.2 Å². The summed E-state index contributed by atoms with van der Waals surface area (Å²) in [5.74, 6) is 0.597. The van der Waals surface area contributed by atoms with E-state index in [9.17, 15) is 26.7 Å². The van der Waals surface area contributed by atoms with Gasteiger partial charge in [0.25, 0.3) is 5.91 Å². The van der Waals surface area contributed by atoms with Crippen LogP contribution in [0.5, 0.6) is 11.5 Å². The minimum atomic E-state index is -4.43. The average molecular weight is 690 g/mol. The van der Waals surface area contributed by atoms with Crippen LogP contribution in [0.15, 0.2) is 48.5 Å². The minimum Gasteiger partial charge on any atom is -0.493 e. The van der Waals surface area contributed by atoms with Crippen molar-refractivity contribution < 1.29 is 41.3 Å². The molecule has 4 rings (SSSR count). The van der Waals surface area contributed by atoms with Crippen molar-refractivity contribution in [2.24, 2.45) is 0 Å². The quantitative estimate of drug-likeness (QED) is 0.177. The van der Waals surface area contributed by atoms with Gasteiger partial charge >= 0.3 is 6.18 Å². The van der Waals surface area contributed by atoms with E-state index in [4.69, 9.17) is 26.2 Å². The third kappa shape index (κ3) is 14.0. The lowest BCUT2D eigenvalue weighted by Crippen LogP contribution is -2.38. The smallest absolute Gasteiger partial charge is 0.394 e. The number of nitrogens with zero attached hydrogens (tertiary/aromatic N) is 1. The number of methoxy groups -OCH3 is 1. The molecule has 0 atom stereocenters. The highest BCUT2D eigenvalue weighted by Gasteiger charge is 2.30. The fourth-order valence-corrected chi connectivity index (χ4v) is 4.22. The molecule has 1 aliphatic rings. The molecule has 0 saturated heterocycles. The van der Waals surface area contributed by atoms with Gasteiger partial charge in [-0.1, -0.05) is 25.4 Å². The van der Waals surface area contributed by atoms with Crippen LogP contribution in [0.1, 0.15) is 69.1 Å². The Bertz CT molecular complexity index is 1400. The fraction of sp³-hybridized carbons (Fsp3) is 0.471. The third-order valence-corrected chi connectivity index (χ3v) is 6.73. The molecule has 2 aromatic carbocycles. The number of amides is 1. The Hall–Kier alpha value is -3.48. The fourth-order valence-electron chi connectivity index (χ4n) is 4.04. The number of halogens is 6. The number of alkyl halides is 4. The van der Waals surface area contributed by atoms with Crippen LogP contribution in [0.2, 0.25) is 5.02 Å². The lowest BCUT2D eigenvalue weighted by Gasteiger charge is -2.27. The molecule has 3 aromatic rings.